The summed E-state index contributed by atoms with van der Waals surface area (Å²) in [6.45, 7) is 0. The normalized spacial score (nSPS) is 15.8. The lowest BCUT2D eigenvalue weighted by Gasteiger charge is -2.01. The third kappa shape index (κ3) is 3.59. The van der Waals surface area contributed by atoms with E-state index < -0.39 is 0 Å². The number of nitrogens with zero attached hydrogens (tertiary/aromatic N) is 2. The molecule has 110 valence electrons. The van der Waals surface area contributed by atoms with Gasteiger partial charge in [0.1, 0.15) is 11.5 Å². The number of carbonyl (C=O) groups is 1. The Balaban J connectivity index is 1.69. The second kappa shape index (κ2) is 6.54. The lowest BCUT2D eigenvalue weighted by Crippen LogP contribution is -2.24. The number of halogens is 1. The average molecular weight is 312 g/mol. The van der Waals surface area contributed by atoms with Crippen molar-refractivity contribution in [2.75, 3.05) is 0 Å². The number of aliphatic imine (C=N–C) groups is 1. The van der Waals surface area contributed by atoms with E-state index in [-0.39, 0.29) is 5.91 Å². The van der Waals surface area contributed by atoms with E-state index in [0.29, 0.717) is 23.0 Å². The Hall–Kier alpha value is -2.46. The van der Waals surface area contributed by atoms with Gasteiger partial charge in [-0.05, 0) is 41.8 Å². The van der Waals surface area contributed by atoms with E-state index in [9.17, 15) is 4.79 Å². The highest BCUT2D eigenvalue weighted by atomic mass is 35.5. The first-order valence-electron chi connectivity index (χ1n) is 6.96. The number of pyridine rings is 1. The van der Waals surface area contributed by atoms with E-state index in [2.05, 4.69) is 15.3 Å². The molecule has 1 amide bonds. The van der Waals surface area contributed by atoms with Crippen LogP contribution >= 0.6 is 11.6 Å². The van der Waals surface area contributed by atoms with Crippen LogP contribution < -0.4 is 5.32 Å². The maximum Gasteiger partial charge on any atom is 0.275 e. The molecular weight excluding hydrogens is 298 g/mol. The largest absolute Gasteiger partial charge is 0.309 e. The summed E-state index contributed by atoms with van der Waals surface area (Å²) >= 11 is 5.96. The van der Waals surface area contributed by atoms with E-state index in [4.69, 9.17) is 11.6 Å². The molecule has 1 aliphatic heterocycles. The number of nitrogens with one attached hydrogen (secondary N) is 1. The maximum absolute atomic E-state index is 11.9. The van der Waals surface area contributed by atoms with Crippen LogP contribution in [0.25, 0.3) is 6.08 Å². The van der Waals surface area contributed by atoms with Crippen LogP contribution in [-0.4, -0.2) is 16.7 Å². The van der Waals surface area contributed by atoms with Crippen LogP contribution in [0.2, 0.25) is 5.02 Å². The van der Waals surface area contributed by atoms with E-state index in [0.717, 1.165) is 17.5 Å². The SMILES string of the molecule is O=C1NC(CCc2cccc(Cl)c2)=N/C1=C/c1cccnc1. The van der Waals surface area contributed by atoms with Gasteiger partial charge in [-0.2, -0.15) is 0 Å². The molecule has 0 bridgehead atoms. The van der Waals surface area contributed by atoms with Crippen molar-refractivity contribution >= 4 is 29.4 Å². The van der Waals surface area contributed by atoms with Gasteiger partial charge in [-0.25, -0.2) is 4.99 Å². The van der Waals surface area contributed by atoms with Crippen LogP contribution in [0.5, 0.6) is 0 Å². The van der Waals surface area contributed by atoms with Gasteiger partial charge in [0.15, 0.2) is 0 Å². The fourth-order valence-electron chi connectivity index (χ4n) is 2.21. The van der Waals surface area contributed by atoms with Crippen LogP contribution in [0.15, 0.2) is 59.5 Å². The Kier molecular flexibility index (Phi) is 4.30. The molecule has 0 radical (unpaired) electrons. The van der Waals surface area contributed by atoms with E-state index in [1.165, 1.54) is 0 Å². The molecule has 2 aromatic rings. The Morgan fingerprint density at radius 3 is 2.86 bits per heavy atom. The molecule has 1 aliphatic rings. The van der Waals surface area contributed by atoms with Crippen molar-refractivity contribution in [3.8, 4) is 0 Å². The summed E-state index contributed by atoms with van der Waals surface area (Å²) in [4.78, 5) is 20.3. The zero-order valence-corrected chi connectivity index (χ0v) is 12.5. The molecule has 1 aromatic carbocycles. The third-order valence-corrected chi connectivity index (χ3v) is 3.51. The predicted octanol–water partition coefficient (Wildman–Crippen LogP) is 3.24. The second-order valence-electron chi connectivity index (χ2n) is 4.96. The molecule has 0 saturated carbocycles. The van der Waals surface area contributed by atoms with Crippen molar-refractivity contribution in [2.24, 2.45) is 4.99 Å². The lowest BCUT2D eigenvalue weighted by atomic mass is 10.1. The van der Waals surface area contributed by atoms with Crippen molar-refractivity contribution < 1.29 is 4.79 Å². The predicted molar refractivity (Wildman–Crippen MR) is 87.6 cm³/mol. The number of aromatic nitrogens is 1. The Morgan fingerprint density at radius 1 is 1.18 bits per heavy atom. The van der Waals surface area contributed by atoms with Gasteiger partial charge in [-0.1, -0.05) is 29.8 Å². The molecule has 0 aliphatic carbocycles. The third-order valence-electron chi connectivity index (χ3n) is 3.27. The molecule has 0 unspecified atom stereocenters. The van der Waals surface area contributed by atoms with Crippen molar-refractivity contribution in [3.63, 3.8) is 0 Å². The number of hydrogen-bond donors (Lipinski definition) is 1. The highest BCUT2D eigenvalue weighted by Crippen LogP contribution is 2.15. The van der Waals surface area contributed by atoms with Gasteiger partial charge in [0.25, 0.3) is 5.91 Å². The monoisotopic (exact) mass is 311 g/mol. The minimum atomic E-state index is -0.176. The van der Waals surface area contributed by atoms with Gasteiger partial charge < -0.3 is 5.32 Å². The number of benzene rings is 1. The summed E-state index contributed by atoms with van der Waals surface area (Å²) < 4.78 is 0. The van der Waals surface area contributed by atoms with Crippen molar-refractivity contribution in [3.05, 3.63) is 70.6 Å². The second-order valence-corrected chi connectivity index (χ2v) is 5.39. The van der Waals surface area contributed by atoms with Gasteiger partial charge in [0.2, 0.25) is 0 Å². The Labute approximate surface area is 133 Å². The Morgan fingerprint density at radius 2 is 2.09 bits per heavy atom. The molecular formula is C17H14ClN3O. The van der Waals surface area contributed by atoms with E-state index in [1.54, 1.807) is 18.5 Å². The summed E-state index contributed by atoms with van der Waals surface area (Å²) in [5.74, 6) is 0.505. The minimum absolute atomic E-state index is 0.176. The van der Waals surface area contributed by atoms with Gasteiger partial charge in [0.05, 0.1) is 0 Å². The molecule has 4 nitrogen and oxygen atoms in total. The van der Waals surface area contributed by atoms with E-state index in [1.807, 2.05) is 36.4 Å². The highest BCUT2D eigenvalue weighted by Gasteiger charge is 2.19. The molecule has 3 rings (SSSR count). The van der Waals surface area contributed by atoms with E-state index >= 15 is 0 Å². The summed E-state index contributed by atoms with van der Waals surface area (Å²) in [7, 11) is 0. The summed E-state index contributed by atoms with van der Waals surface area (Å²) in [5.41, 5.74) is 2.38. The van der Waals surface area contributed by atoms with Gasteiger partial charge in [-0.15, -0.1) is 0 Å². The molecule has 1 aromatic heterocycles. The summed E-state index contributed by atoms with van der Waals surface area (Å²) in [5, 5.41) is 3.51. The molecule has 0 fully saturated rings. The Bertz CT molecular complexity index is 754. The number of hydrogen-bond acceptors (Lipinski definition) is 3. The fourth-order valence-corrected chi connectivity index (χ4v) is 2.42. The molecule has 0 saturated heterocycles. The number of carbonyl (C=O) groups excluding carboxylic acids is 1. The number of amides is 1. The first-order chi connectivity index (χ1) is 10.7. The molecule has 0 spiro atoms. The van der Waals surface area contributed by atoms with Crippen LogP contribution in [0.4, 0.5) is 0 Å². The molecule has 5 heteroatoms. The fraction of sp³-hybridized carbons (Fsp3) is 0.118. The summed E-state index contributed by atoms with van der Waals surface area (Å²) in [6, 6.07) is 11.4. The van der Waals surface area contributed by atoms with Crippen LogP contribution in [0.3, 0.4) is 0 Å². The minimum Gasteiger partial charge on any atom is -0.309 e. The van der Waals surface area contributed by atoms with Gasteiger partial charge in [0, 0.05) is 23.8 Å². The number of rotatable bonds is 4. The van der Waals surface area contributed by atoms with Crippen molar-refractivity contribution in [1.29, 1.82) is 0 Å². The van der Waals surface area contributed by atoms with Crippen LogP contribution in [0, 0.1) is 0 Å². The zero-order chi connectivity index (χ0) is 15.4. The average Bonchev–Trinajstić information content (AvgIpc) is 2.87. The van der Waals surface area contributed by atoms with Crippen LogP contribution in [0.1, 0.15) is 17.5 Å². The van der Waals surface area contributed by atoms with Crippen LogP contribution in [-0.2, 0) is 11.2 Å². The number of amidine groups is 1. The molecule has 22 heavy (non-hydrogen) atoms. The lowest BCUT2D eigenvalue weighted by molar-refractivity contribution is -0.115. The molecule has 0 atom stereocenters. The highest BCUT2D eigenvalue weighted by molar-refractivity contribution is 6.30. The topological polar surface area (TPSA) is 54.4 Å². The maximum atomic E-state index is 11.9. The smallest absolute Gasteiger partial charge is 0.275 e. The molecule has 2 heterocycles. The molecule has 1 N–H and O–H groups in total. The van der Waals surface area contributed by atoms with Crippen molar-refractivity contribution in [1.82, 2.24) is 10.3 Å². The summed E-state index contributed by atoms with van der Waals surface area (Å²) in [6.07, 6.45) is 6.56. The quantitative estimate of drug-likeness (QED) is 0.881. The first-order valence-corrected chi connectivity index (χ1v) is 7.33. The van der Waals surface area contributed by atoms with Gasteiger partial charge in [-0.3, -0.25) is 9.78 Å². The zero-order valence-electron chi connectivity index (χ0n) is 11.8. The van der Waals surface area contributed by atoms with Crippen molar-refractivity contribution in [2.45, 2.75) is 12.8 Å². The first kappa shape index (κ1) is 14.5. The standard InChI is InChI=1S/C17H14ClN3O/c18-14-5-1-3-12(9-14)6-7-16-20-15(17(22)21-16)10-13-4-2-8-19-11-13/h1-5,8-11H,6-7H2,(H,20,21,22)/b15-10+. The van der Waals surface area contributed by atoms with Gasteiger partial charge >= 0.3 is 0 Å². The number of aryl methyl sites for hydroxylation is 1.